The molecule has 2 rings (SSSR count). The number of likely N-dealkylation sites (tertiary alicyclic amines) is 1. The minimum atomic E-state index is 0.254. The van der Waals surface area contributed by atoms with Crippen LogP contribution in [0.1, 0.15) is 24.0 Å². The van der Waals surface area contributed by atoms with Gasteiger partial charge < -0.3 is 20.3 Å². The lowest BCUT2D eigenvalue weighted by Gasteiger charge is -2.19. The molecule has 126 valence electrons. The van der Waals surface area contributed by atoms with Crippen molar-refractivity contribution in [2.75, 3.05) is 33.9 Å². The number of benzene rings is 1. The third kappa shape index (κ3) is 5.25. The third-order valence-corrected chi connectivity index (χ3v) is 3.92. The van der Waals surface area contributed by atoms with Crippen LogP contribution in [0, 0.1) is 0 Å². The van der Waals surface area contributed by atoms with Crippen molar-refractivity contribution in [2.45, 2.75) is 25.9 Å². The van der Waals surface area contributed by atoms with E-state index in [0.29, 0.717) is 32.7 Å². The van der Waals surface area contributed by atoms with Gasteiger partial charge in [-0.1, -0.05) is 24.3 Å². The van der Waals surface area contributed by atoms with E-state index in [1.54, 1.807) is 14.2 Å². The number of carbonyl (C=O) groups excluding carboxylic acids is 1. The summed E-state index contributed by atoms with van der Waals surface area (Å²) in [7, 11) is 3.42. The molecule has 1 fully saturated rings. The molecule has 23 heavy (non-hydrogen) atoms. The molecule has 1 aromatic rings. The molecule has 1 amide bonds. The van der Waals surface area contributed by atoms with E-state index < -0.39 is 0 Å². The van der Waals surface area contributed by atoms with Crippen molar-refractivity contribution in [1.29, 1.82) is 0 Å². The topological polar surface area (TPSA) is 66.0 Å². The third-order valence-electron chi connectivity index (χ3n) is 3.92. The van der Waals surface area contributed by atoms with Gasteiger partial charge in [-0.2, -0.15) is 0 Å². The zero-order chi connectivity index (χ0) is 16.5. The summed E-state index contributed by atoms with van der Waals surface area (Å²) in [5.41, 5.74) is 2.37. The Hall–Kier alpha value is -2.08. The number of ether oxygens (including phenoxy) is 1. The lowest BCUT2D eigenvalue weighted by molar-refractivity contribution is -0.128. The largest absolute Gasteiger partial charge is 0.383 e. The van der Waals surface area contributed by atoms with Gasteiger partial charge in [0.15, 0.2) is 5.96 Å². The molecule has 0 bridgehead atoms. The molecule has 0 spiro atoms. The van der Waals surface area contributed by atoms with E-state index in [4.69, 9.17) is 4.74 Å². The summed E-state index contributed by atoms with van der Waals surface area (Å²) in [6.07, 6.45) is 1.64. The highest BCUT2D eigenvalue weighted by molar-refractivity contribution is 5.79. The minimum Gasteiger partial charge on any atom is -0.383 e. The molecule has 0 atom stereocenters. The number of nitrogens with one attached hydrogen (secondary N) is 2. The molecule has 0 radical (unpaired) electrons. The molecule has 2 N–H and O–H groups in total. The van der Waals surface area contributed by atoms with Gasteiger partial charge >= 0.3 is 0 Å². The minimum absolute atomic E-state index is 0.254. The van der Waals surface area contributed by atoms with E-state index in [-0.39, 0.29) is 5.91 Å². The molecule has 1 aliphatic heterocycles. The summed E-state index contributed by atoms with van der Waals surface area (Å²) in [5.74, 6) is 0.999. The number of nitrogens with zero attached hydrogens (tertiary/aromatic N) is 2. The molecule has 6 heteroatoms. The van der Waals surface area contributed by atoms with E-state index >= 15 is 0 Å². The quantitative estimate of drug-likeness (QED) is 0.449. The Labute approximate surface area is 137 Å². The van der Waals surface area contributed by atoms with Crippen LogP contribution in [0.4, 0.5) is 0 Å². The van der Waals surface area contributed by atoms with Crippen LogP contribution in [0.3, 0.4) is 0 Å². The van der Waals surface area contributed by atoms with Crippen molar-refractivity contribution in [3.63, 3.8) is 0 Å². The highest BCUT2D eigenvalue weighted by Crippen LogP contribution is 2.17. The van der Waals surface area contributed by atoms with Crippen LogP contribution in [-0.2, 0) is 22.6 Å². The Morgan fingerprint density at radius 2 is 2.09 bits per heavy atom. The molecule has 1 aromatic carbocycles. The van der Waals surface area contributed by atoms with Crippen LogP contribution in [0.5, 0.6) is 0 Å². The van der Waals surface area contributed by atoms with E-state index in [1.807, 2.05) is 17.0 Å². The number of aliphatic imine (C=N–C) groups is 1. The molecule has 0 unspecified atom stereocenters. The monoisotopic (exact) mass is 318 g/mol. The number of rotatable bonds is 7. The Kier molecular flexibility index (Phi) is 6.87. The second-order valence-corrected chi connectivity index (χ2v) is 5.53. The van der Waals surface area contributed by atoms with Gasteiger partial charge in [0, 0.05) is 46.8 Å². The highest BCUT2D eigenvalue weighted by Gasteiger charge is 2.20. The number of methoxy groups -OCH3 is 1. The molecule has 1 saturated heterocycles. The van der Waals surface area contributed by atoms with Crippen LogP contribution < -0.4 is 10.6 Å². The normalized spacial score (nSPS) is 15.1. The number of amides is 1. The van der Waals surface area contributed by atoms with Crippen molar-refractivity contribution in [1.82, 2.24) is 15.5 Å². The van der Waals surface area contributed by atoms with Crippen molar-refractivity contribution < 1.29 is 9.53 Å². The van der Waals surface area contributed by atoms with E-state index in [2.05, 4.69) is 27.8 Å². The van der Waals surface area contributed by atoms with Gasteiger partial charge in [0.05, 0.1) is 6.61 Å². The zero-order valence-electron chi connectivity index (χ0n) is 14.0. The first kappa shape index (κ1) is 17.3. The van der Waals surface area contributed by atoms with Gasteiger partial charge in [0.1, 0.15) is 0 Å². The summed E-state index contributed by atoms with van der Waals surface area (Å²) in [5, 5.41) is 6.49. The zero-order valence-corrected chi connectivity index (χ0v) is 14.0. The Morgan fingerprint density at radius 3 is 2.74 bits per heavy atom. The second-order valence-electron chi connectivity index (χ2n) is 5.53. The summed E-state index contributed by atoms with van der Waals surface area (Å²) in [4.78, 5) is 17.9. The fraction of sp³-hybridized carbons (Fsp3) is 0.529. The predicted octanol–water partition coefficient (Wildman–Crippen LogP) is 1.12. The fourth-order valence-corrected chi connectivity index (χ4v) is 2.63. The van der Waals surface area contributed by atoms with E-state index in [1.165, 1.54) is 11.1 Å². The first-order chi connectivity index (χ1) is 11.2. The van der Waals surface area contributed by atoms with Crippen molar-refractivity contribution >= 4 is 11.9 Å². The van der Waals surface area contributed by atoms with Gasteiger partial charge in [-0.25, -0.2) is 0 Å². The molecule has 6 nitrogen and oxygen atoms in total. The van der Waals surface area contributed by atoms with Crippen LogP contribution in [0.15, 0.2) is 29.3 Å². The van der Waals surface area contributed by atoms with Gasteiger partial charge in [-0.3, -0.25) is 9.79 Å². The van der Waals surface area contributed by atoms with Gasteiger partial charge in [0.25, 0.3) is 0 Å². The lowest BCUT2D eigenvalue weighted by Crippen LogP contribution is -2.38. The van der Waals surface area contributed by atoms with Crippen molar-refractivity contribution in [3.8, 4) is 0 Å². The fourth-order valence-electron chi connectivity index (χ4n) is 2.63. The first-order valence-electron chi connectivity index (χ1n) is 8.02. The van der Waals surface area contributed by atoms with Crippen LogP contribution >= 0.6 is 0 Å². The molecule has 0 aromatic heterocycles. The molecule has 0 saturated carbocycles. The van der Waals surface area contributed by atoms with Crippen molar-refractivity contribution in [2.24, 2.45) is 4.99 Å². The number of carbonyl (C=O) groups is 1. The second kappa shape index (κ2) is 9.15. The number of guanidine groups is 1. The number of hydrogen-bond acceptors (Lipinski definition) is 3. The summed E-state index contributed by atoms with van der Waals surface area (Å²) >= 11 is 0. The van der Waals surface area contributed by atoms with Crippen LogP contribution in [0.2, 0.25) is 0 Å². The molecular weight excluding hydrogens is 292 g/mol. The summed E-state index contributed by atoms with van der Waals surface area (Å²) in [6.45, 7) is 3.56. The molecule has 1 heterocycles. The number of hydrogen-bond donors (Lipinski definition) is 2. The summed E-state index contributed by atoms with van der Waals surface area (Å²) in [6, 6.07) is 8.22. The average molecular weight is 318 g/mol. The highest BCUT2D eigenvalue weighted by atomic mass is 16.5. The smallest absolute Gasteiger partial charge is 0.222 e. The van der Waals surface area contributed by atoms with Gasteiger partial charge in [-0.15, -0.1) is 0 Å². The Morgan fingerprint density at radius 1 is 1.30 bits per heavy atom. The van der Waals surface area contributed by atoms with Crippen LogP contribution in [0.25, 0.3) is 0 Å². The van der Waals surface area contributed by atoms with Crippen LogP contribution in [-0.4, -0.2) is 50.6 Å². The standard InChI is InChI=1S/C17H26N4O2/c1-18-17(19-9-11-23-2)20-12-14-6-3-4-7-15(14)13-21-10-5-8-16(21)22/h3-4,6-7H,5,8-13H2,1-2H3,(H2,18,19,20). The maximum absolute atomic E-state index is 11.8. The first-order valence-corrected chi connectivity index (χ1v) is 8.02. The lowest BCUT2D eigenvalue weighted by atomic mass is 10.1. The Balaban J connectivity index is 1.93. The van der Waals surface area contributed by atoms with Crippen molar-refractivity contribution in [3.05, 3.63) is 35.4 Å². The van der Waals surface area contributed by atoms with Gasteiger partial charge in [-0.05, 0) is 17.5 Å². The van der Waals surface area contributed by atoms with E-state index in [9.17, 15) is 4.79 Å². The maximum atomic E-state index is 11.8. The average Bonchev–Trinajstić information content (AvgIpc) is 2.97. The maximum Gasteiger partial charge on any atom is 0.222 e. The Bertz CT molecular complexity index is 545. The molecule has 0 aliphatic carbocycles. The molecular formula is C17H26N4O2. The van der Waals surface area contributed by atoms with Gasteiger partial charge in [0.2, 0.25) is 5.91 Å². The SMILES string of the molecule is CN=C(NCCOC)NCc1ccccc1CN1CCCC1=O. The van der Waals surface area contributed by atoms with E-state index in [0.717, 1.165) is 18.9 Å². The predicted molar refractivity (Wildman–Crippen MR) is 91.2 cm³/mol. The summed E-state index contributed by atoms with van der Waals surface area (Å²) < 4.78 is 5.02. The molecule has 1 aliphatic rings.